The maximum absolute atomic E-state index is 4.42. The topological polar surface area (TPSA) is 52.6 Å². The van der Waals surface area contributed by atoms with E-state index in [0.29, 0.717) is 0 Å². The lowest BCUT2D eigenvalue weighted by atomic mass is 10.0. The van der Waals surface area contributed by atoms with Crippen molar-refractivity contribution in [2.45, 2.75) is 45.2 Å². The molecule has 3 rings (SSSR count). The van der Waals surface area contributed by atoms with Gasteiger partial charge < -0.3 is 15.5 Å². The number of aromatic nitrogens is 1. The van der Waals surface area contributed by atoms with Crippen LogP contribution in [0.4, 0.5) is 0 Å². The number of pyridine rings is 1. The molecule has 26 heavy (non-hydrogen) atoms. The van der Waals surface area contributed by atoms with Gasteiger partial charge in [-0.2, -0.15) is 0 Å². The molecule has 2 N–H and O–H groups in total. The van der Waals surface area contributed by atoms with E-state index in [0.717, 1.165) is 37.0 Å². The van der Waals surface area contributed by atoms with Crippen molar-refractivity contribution in [3.63, 3.8) is 0 Å². The highest BCUT2D eigenvalue weighted by Crippen LogP contribution is 2.16. The van der Waals surface area contributed by atoms with Gasteiger partial charge in [-0.15, -0.1) is 0 Å². The van der Waals surface area contributed by atoms with E-state index in [-0.39, 0.29) is 0 Å². The Hall–Kier alpha value is -2.14. The largest absolute Gasteiger partial charge is 0.356 e. The summed E-state index contributed by atoms with van der Waals surface area (Å²) in [5.74, 6) is 0.859. The highest BCUT2D eigenvalue weighted by Gasteiger charge is 2.17. The molecular weight excluding hydrogens is 322 g/mol. The predicted octanol–water partition coefficient (Wildman–Crippen LogP) is 3.16. The van der Waals surface area contributed by atoms with Crippen molar-refractivity contribution in [2.75, 3.05) is 26.7 Å². The standard InChI is InChI=1S/C21H31N5/c1-17-8-5-6-14-26(17)15-7-12-24-21(22-2)25-16-18-11-13-23-20-10-4-3-9-19(18)20/h3-4,9-11,13,17H,5-8,12,14-16H2,1-2H3,(H2,22,24,25). The quantitative estimate of drug-likeness (QED) is 0.476. The van der Waals surface area contributed by atoms with Gasteiger partial charge in [-0.25, -0.2) is 0 Å². The molecule has 0 aliphatic carbocycles. The van der Waals surface area contributed by atoms with Crippen LogP contribution in [0.15, 0.2) is 41.5 Å². The van der Waals surface area contributed by atoms with Crippen LogP contribution >= 0.6 is 0 Å². The fourth-order valence-electron chi connectivity index (χ4n) is 3.69. The van der Waals surface area contributed by atoms with Crippen molar-refractivity contribution in [3.8, 4) is 0 Å². The Morgan fingerprint density at radius 2 is 2.12 bits per heavy atom. The highest BCUT2D eigenvalue weighted by molar-refractivity contribution is 5.83. The van der Waals surface area contributed by atoms with Crippen LogP contribution in [0.2, 0.25) is 0 Å². The van der Waals surface area contributed by atoms with Gasteiger partial charge in [0, 0.05) is 44.3 Å². The average Bonchev–Trinajstić information content (AvgIpc) is 2.68. The lowest BCUT2D eigenvalue weighted by molar-refractivity contribution is 0.159. The molecule has 0 bridgehead atoms. The number of fused-ring (bicyclic) bond motifs is 1. The van der Waals surface area contributed by atoms with Crippen LogP contribution in [0.3, 0.4) is 0 Å². The summed E-state index contributed by atoms with van der Waals surface area (Å²) in [5, 5.41) is 8.05. The minimum absolute atomic E-state index is 0.737. The number of hydrogen-bond donors (Lipinski definition) is 2. The molecule has 1 aliphatic heterocycles. The molecule has 1 aliphatic rings. The second-order valence-electron chi connectivity index (χ2n) is 7.07. The molecule has 1 aromatic heterocycles. The van der Waals surface area contributed by atoms with E-state index in [1.165, 1.54) is 43.3 Å². The first-order chi connectivity index (χ1) is 12.8. The van der Waals surface area contributed by atoms with Crippen LogP contribution in [-0.4, -0.2) is 48.6 Å². The van der Waals surface area contributed by atoms with E-state index in [4.69, 9.17) is 0 Å². The molecule has 2 aromatic rings. The number of hydrogen-bond acceptors (Lipinski definition) is 3. The summed E-state index contributed by atoms with van der Waals surface area (Å²) in [6.07, 6.45) is 7.09. The fourth-order valence-corrected chi connectivity index (χ4v) is 3.69. The summed E-state index contributed by atoms with van der Waals surface area (Å²) >= 11 is 0. The van der Waals surface area contributed by atoms with Crippen molar-refractivity contribution in [1.29, 1.82) is 0 Å². The molecule has 5 nitrogen and oxygen atoms in total. The lowest BCUT2D eigenvalue weighted by Gasteiger charge is -2.33. The van der Waals surface area contributed by atoms with Crippen LogP contribution in [0.25, 0.3) is 10.9 Å². The smallest absolute Gasteiger partial charge is 0.191 e. The second-order valence-corrected chi connectivity index (χ2v) is 7.07. The first-order valence-corrected chi connectivity index (χ1v) is 9.79. The molecule has 5 heteroatoms. The fraction of sp³-hybridized carbons (Fsp3) is 0.524. The van der Waals surface area contributed by atoms with Crippen molar-refractivity contribution in [1.82, 2.24) is 20.5 Å². The van der Waals surface area contributed by atoms with E-state index in [1.54, 1.807) is 0 Å². The zero-order valence-corrected chi connectivity index (χ0v) is 16.0. The van der Waals surface area contributed by atoms with Gasteiger partial charge in [0.1, 0.15) is 0 Å². The van der Waals surface area contributed by atoms with Gasteiger partial charge in [0.25, 0.3) is 0 Å². The molecule has 2 heterocycles. The third-order valence-corrected chi connectivity index (χ3v) is 5.26. The Bertz CT molecular complexity index is 722. The Morgan fingerprint density at radius 3 is 2.96 bits per heavy atom. The van der Waals surface area contributed by atoms with Gasteiger partial charge in [0.15, 0.2) is 5.96 Å². The normalized spacial score (nSPS) is 18.8. The van der Waals surface area contributed by atoms with Crippen molar-refractivity contribution in [2.24, 2.45) is 4.99 Å². The third-order valence-electron chi connectivity index (χ3n) is 5.26. The van der Waals surface area contributed by atoms with Crippen LogP contribution in [0.1, 0.15) is 38.2 Å². The van der Waals surface area contributed by atoms with E-state index in [9.17, 15) is 0 Å². The lowest BCUT2D eigenvalue weighted by Crippen LogP contribution is -2.41. The molecule has 1 saturated heterocycles. The molecule has 0 saturated carbocycles. The van der Waals surface area contributed by atoms with Gasteiger partial charge >= 0.3 is 0 Å². The first kappa shape index (κ1) is 18.6. The van der Waals surface area contributed by atoms with Gasteiger partial charge in [-0.3, -0.25) is 9.98 Å². The zero-order chi connectivity index (χ0) is 18.2. The number of guanidine groups is 1. The van der Waals surface area contributed by atoms with E-state index in [1.807, 2.05) is 25.4 Å². The summed E-state index contributed by atoms with van der Waals surface area (Å²) in [5.41, 5.74) is 2.27. The number of rotatable bonds is 6. The van der Waals surface area contributed by atoms with Crippen molar-refractivity contribution >= 4 is 16.9 Å². The number of nitrogens with zero attached hydrogens (tertiary/aromatic N) is 3. The average molecular weight is 354 g/mol. The number of likely N-dealkylation sites (tertiary alicyclic amines) is 1. The number of piperidine rings is 1. The highest BCUT2D eigenvalue weighted by atomic mass is 15.2. The molecule has 0 spiro atoms. The number of para-hydroxylation sites is 1. The molecule has 140 valence electrons. The van der Waals surface area contributed by atoms with Gasteiger partial charge in [0.05, 0.1) is 5.52 Å². The number of benzene rings is 1. The third kappa shape index (κ3) is 4.94. The first-order valence-electron chi connectivity index (χ1n) is 9.79. The summed E-state index contributed by atoms with van der Waals surface area (Å²) in [7, 11) is 1.83. The van der Waals surface area contributed by atoms with Gasteiger partial charge in [-0.05, 0) is 50.4 Å². The molecular formula is C21H31N5. The van der Waals surface area contributed by atoms with E-state index < -0.39 is 0 Å². The van der Waals surface area contributed by atoms with Gasteiger partial charge in [-0.1, -0.05) is 24.6 Å². The Balaban J connectivity index is 1.44. The summed E-state index contributed by atoms with van der Waals surface area (Å²) < 4.78 is 0. The summed E-state index contributed by atoms with van der Waals surface area (Å²) in [6, 6.07) is 11.1. The zero-order valence-electron chi connectivity index (χ0n) is 16.0. The van der Waals surface area contributed by atoms with Crippen molar-refractivity contribution in [3.05, 3.63) is 42.1 Å². The maximum Gasteiger partial charge on any atom is 0.191 e. The molecule has 0 amide bonds. The Labute approximate surface area is 156 Å². The second kappa shape index (κ2) is 9.53. The maximum atomic E-state index is 4.42. The molecule has 1 unspecified atom stereocenters. The predicted molar refractivity (Wildman–Crippen MR) is 109 cm³/mol. The van der Waals surface area contributed by atoms with Crippen LogP contribution in [0.5, 0.6) is 0 Å². The van der Waals surface area contributed by atoms with Crippen LogP contribution in [0, 0.1) is 0 Å². The monoisotopic (exact) mass is 353 g/mol. The molecule has 1 fully saturated rings. The van der Waals surface area contributed by atoms with E-state index >= 15 is 0 Å². The van der Waals surface area contributed by atoms with Crippen LogP contribution < -0.4 is 10.6 Å². The Kier molecular flexibility index (Phi) is 6.83. The van der Waals surface area contributed by atoms with Crippen LogP contribution in [-0.2, 0) is 6.54 Å². The van der Waals surface area contributed by atoms with Crippen molar-refractivity contribution < 1.29 is 0 Å². The SMILES string of the molecule is CN=C(NCCCN1CCCCC1C)NCc1ccnc2ccccc12. The molecule has 1 aromatic carbocycles. The summed E-state index contributed by atoms with van der Waals surface area (Å²) in [6.45, 7) is 6.46. The molecule has 1 atom stereocenters. The number of aliphatic imine (C=N–C) groups is 1. The Morgan fingerprint density at radius 1 is 1.23 bits per heavy atom. The minimum atomic E-state index is 0.737. The minimum Gasteiger partial charge on any atom is -0.356 e. The van der Waals surface area contributed by atoms with Gasteiger partial charge in [0.2, 0.25) is 0 Å². The van der Waals surface area contributed by atoms with E-state index in [2.05, 4.69) is 50.6 Å². The number of nitrogens with one attached hydrogen (secondary N) is 2. The molecule has 0 radical (unpaired) electrons. The summed E-state index contributed by atoms with van der Waals surface area (Å²) in [4.78, 5) is 11.4.